The summed E-state index contributed by atoms with van der Waals surface area (Å²) < 4.78 is 0. The van der Waals surface area contributed by atoms with E-state index in [1.165, 1.54) is 32.2 Å². The Kier molecular flexibility index (Phi) is 3.33. The highest BCUT2D eigenvalue weighted by Crippen LogP contribution is 2.32. The molecular weight excluding hydrogens is 188 g/mol. The van der Waals surface area contributed by atoms with Gasteiger partial charge in [0, 0.05) is 17.6 Å². The molecule has 1 saturated carbocycles. The standard InChI is InChI=1S/C12H24N2O/c1-10-4-3-7-14(10)11-5-2-6-12(13,8-11)9-15/h10-11,15H,2-9,13H2,1H3. The van der Waals surface area contributed by atoms with Crippen LogP contribution in [0.2, 0.25) is 0 Å². The number of hydrogen-bond donors (Lipinski definition) is 2. The first-order chi connectivity index (χ1) is 7.14. The van der Waals surface area contributed by atoms with Crippen molar-refractivity contribution in [2.45, 2.75) is 63.1 Å². The van der Waals surface area contributed by atoms with Gasteiger partial charge in [0.15, 0.2) is 0 Å². The largest absolute Gasteiger partial charge is 0.394 e. The minimum absolute atomic E-state index is 0.145. The van der Waals surface area contributed by atoms with Gasteiger partial charge >= 0.3 is 0 Å². The number of aliphatic hydroxyl groups excluding tert-OH is 1. The summed E-state index contributed by atoms with van der Waals surface area (Å²) in [6.07, 6.45) is 7.06. The van der Waals surface area contributed by atoms with E-state index in [9.17, 15) is 5.11 Å². The molecule has 0 amide bonds. The second-order valence-electron chi connectivity index (χ2n) is 5.50. The Morgan fingerprint density at radius 3 is 2.80 bits per heavy atom. The lowest BCUT2D eigenvalue weighted by Crippen LogP contribution is -2.53. The zero-order chi connectivity index (χ0) is 10.9. The van der Waals surface area contributed by atoms with Crippen molar-refractivity contribution in [3.05, 3.63) is 0 Å². The van der Waals surface area contributed by atoms with Gasteiger partial charge in [0.1, 0.15) is 0 Å². The van der Waals surface area contributed by atoms with Gasteiger partial charge in [-0.3, -0.25) is 4.90 Å². The van der Waals surface area contributed by atoms with Crippen molar-refractivity contribution in [1.82, 2.24) is 4.90 Å². The van der Waals surface area contributed by atoms with Crippen LogP contribution in [0.3, 0.4) is 0 Å². The highest BCUT2D eigenvalue weighted by molar-refractivity contribution is 4.95. The third-order valence-corrected chi connectivity index (χ3v) is 4.24. The van der Waals surface area contributed by atoms with Gasteiger partial charge < -0.3 is 10.8 Å². The molecule has 3 atom stereocenters. The average molecular weight is 212 g/mol. The number of rotatable bonds is 2. The van der Waals surface area contributed by atoms with Crippen LogP contribution in [0.5, 0.6) is 0 Å². The van der Waals surface area contributed by atoms with Crippen molar-refractivity contribution in [3.63, 3.8) is 0 Å². The quantitative estimate of drug-likeness (QED) is 0.721. The SMILES string of the molecule is CC1CCCN1C1CCCC(N)(CO)C1. The maximum absolute atomic E-state index is 9.33. The highest BCUT2D eigenvalue weighted by atomic mass is 16.3. The number of hydrogen-bond acceptors (Lipinski definition) is 3. The van der Waals surface area contributed by atoms with E-state index in [2.05, 4.69) is 11.8 Å². The normalized spacial score (nSPS) is 43.4. The molecule has 1 saturated heterocycles. The molecule has 2 fully saturated rings. The fourth-order valence-corrected chi connectivity index (χ4v) is 3.29. The lowest BCUT2D eigenvalue weighted by Gasteiger charge is -2.42. The van der Waals surface area contributed by atoms with Crippen LogP contribution in [0, 0.1) is 0 Å². The van der Waals surface area contributed by atoms with E-state index in [4.69, 9.17) is 5.73 Å². The number of nitrogens with zero attached hydrogens (tertiary/aromatic N) is 1. The summed E-state index contributed by atoms with van der Waals surface area (Å²) in [5.74, 6) is 0. The molecule has 0 aromatic rings. The second-order valence-corrected chi connectivity index (χ2v) is 5.50. The summed E-state index contributed by atoms with van der Waals surface area (Å²) in [5, 5.41) is 9.33. The van der Waals surface area contributed by atoms with Crippen LogP contribution in [0.15, 0.2) is 0 Å². The minimum Gasteiger partial charge on any atom is -0.394 e. The Bertz CT molecular complexity index is 222. The van der Waals surface area contributed by atoms with Crippen molar-refractivity contribution in [3.8, 4) is 0 Å². The monoisotopic (exact) mass is 212 g/mol. The van der Waals surface area contributed by atoms with Gasteiger partial charge in [-0.1, -0.05) is 0 Å². The summed E-state index contributed by atoms with van der Waals surface area (Å²) in [6.45, 7) is 3.69. The first kappa shape index (κ1) is 11.4. The van der Waals surface area contributed by atoms with Gasteiger partial charge in [-0.25, -0.2) is 0 Å². The molecule has 3 N–H and O–H groups in total. The van der Waals surface area contributed by atoms with E-state index in [1.54, 1.807) is 0 Å². The topological polar surface area (TPSA) is 49.5 Å². The van der Waals surface area contributed by atoms with E-state index in [-0.39, 0.29) is 12.1 Å². The summed E-state index contributed by atoms with van der Waals surface area (Å²) >= 11 is 0. The molecule has 0 bridgehead atoms. The van der Waals surface area contributed by atoms with Crippen LogP contribution >= 0.6 is 0 Å². The molecule has 3 nitrogen and oxygen atoms in total. The van der Waals surface area contributed by atoms with Gasteiger partial charge in [-0.15, -0.1) is 0 Å². The Morgan fingerprint density at radius 1 is 1.40 bits per heavy atom. The summed E-state index contributed by atoms with van der Waals surface area (Å²) in [4.78, 5) is 2.61. The van der Waals surface area contributed by atoms with Crippen molar-refractivity contribution >= 4 is 0 Å². The maximum atomic E-state index is 9.33. The van der Waals surface area contributed by atoms with Gasteiger partial charge in [-0.2, -0.15) is 0 Å². The average Bonchev–Trinajstić information content (AvgIpc) is 2.65. The van der Waals surface area contributed by atoms with Crippen molar-refractivity contribution in [2.24, 2.45) is 5.73 Å². The molecule has 2 aliphatic rings. The minimum atomic E-state index is -0.300. The number of nitrogens with two attached hydrogens (primary N) is 1. The van der Waals surface area contributed by atoms with Crippen molar-refractivity contribution < 1.29 is 5.11 Å². The van der Waals surface area contributed by atoms with Gasteiger partial charge in [-0.05, 0) is 52.0 Å². The number of likely N-dealkylation sites (tertiary alicyclic amines) is 1. The molecule has 0 radical (unpaired) electrons. The molecule has 2 rings (SSSR count). The molecule has 15 heavy (non-hydrogen) atoms. The molecule has 0 aromatic heterocycles. The molecule has 3 heteroatoms. The lowest BCUT2D eigenvalue weighted by molar-refractivity contribution is 0.0777. The number of aliphatic hydroxyl groups is 1. The van der Waals surface area contributed by atoms with Crippen LogP contribution in [0.25, 0.3) is 0 Å². The smallest absolute Gasteiger partial charge is 0.0611 e. The van der Waals surface area contributed by atoms with E-state index in [0.29, 0.717) is 6.04 Å². The zero-order valence-electron chi connectivity index (χ0n) is 9.78. The van der Waals surface area contributed by atoms with Crippen molar-refractivity contribution in [1.29, 1.82) is 0 Å². The Labute approximate surface area is 92.6 Å². The zero-order valence-corrected chi connectivity index (χ0v) is 9.78. The predicted molar refractivity (Wildman–Crippen MR) is 61.7 cm³/mol. The molecule has 1 aliphatic heterocycles. The Hall–Kier alpha value is -0.120. The molecule has 3 unspecified atom stereocenters. The van der Waals surface area contributed by atoms with E-state index < -0.39 is 0 Å². The van der Waals surface area contributed by atoms with Gasteiger partial charge in [0.05, 0.1) is 6.61 Å². The fraction of sp³-hybridized carbons (Fsp3) is 1.00. The first-order valence-corrected chi connectivity index (χ1v) is 6.30. The molecule has 0 aromatic carbocycles. The molecule has 1 aliphatic carbocycles. The van der Waals surface area contributed by atoms with Crippen LogP contribution < -0.4 is 5.73 Å². The van der Waals surface area contributed by atoms with E-state index in [1.807, 2.05) is 0 Å². The second kappa shape index (κ2) is 4.40. The predicted octanol–water partition coefficient (Wildman–Crippen LogP) is 1.10. The van der Waals surface area contributed by atoms with Crippen LogP contribution in [-0.4, -0.2) is 40.8 Å². The molecular formula is C12H24N2O. The third kappa shape index (κ3) is 2.35. The molecule has 1 heterocycles. The fourth-order valence-electron chi connectivity index (χ4n) is 3.29. The maximum Gasteiger partial charge on any atom is 0.0611 e. The lowest BCUT2D eigenvalue weighted by atomic mass is 9.79. The van der Waals surface area contributed by atoms with Crippen LogP contribution in [-0.2, 0) is 0 Å². The van der Waals surface area contributed by atoms with Gasteiger partial charge in [0.2, 0.25) is 0 Å². The van der Waals surface area contributed by atoms with Gasteiger partial charge in [0.25, 0.3) is 0 Å². The molecule has 0 spiro atoms. The van der Waals surface area contributed by atoms with Crippen molar-refractivity contribution in [2.75, 3.05) is 13.2 Å². The summed E-state index contributed by atoms with van der Waals surface area (Å²) in [5.41, 5.74) is 5.88. The molecule has 88 valence electrons. The first-order valence-electron chi connectivity index (χ1n) is 6.30. The summed E-state index contributed by atoms with van der Waals surface area (Å²) in [7, 11) is 0. The summed E-state index contributed by atoms with van der Waals surface area (Å²) in [6, 6.07) is 1.34. The van der Waals surface area contributed by atoms with E-state index in [0.717, 1.165) is 18.9 Å². The third-order valence-electron chi connectivity index (χ3n) is 4.24. The van der Waals surface area contributed by atoms with E-state index >= 15 is 0 Å². The van der Waals surface area contributed by atoms with Crippen LogP contribution in [0.4, 0.5) is 0 Å². The Balaban J connectivity index is 1.97. The highest BCUT2D eigenvalue weighted by Gasteiger charge is 2.37. The van der Waals surface area contributed by atoms with Crippen LogP contribution in [0.1, 0.15) is 45.4 Å². The Morgan fingerprint density at radius 2 is 2.20 bits per heavy atom.